The maximum Gasteiger partial charge on any atom is 0.267 e. The number of primary amides is 1. The summed E-state index contributed by atoms with van der Waals surface area (Å²) in [5, 5.41) is 0. The van der Waals surface area contributed by atoms with E-state index >= 15 is 0 Å². The fraction of sp³-hybridized carbons (Fsp3) is 0.296. The topological polar surface area (TPSA) is 101 Å². The molecule has 190 valence electrons. The molecule has 0 atom stereocenters. The number of aromatic nitrogens is 2. The molecule has 8 nitrogen and oxygen atoms in total. The smallest absolute Gasteiger partial charge is 0.267 e. The second kappa shape index (κ2) is 10.5. The molecule has 2 fully saturated rings. The second-order valence-corrected chi connectivity index (χ2v) is 11.0. The van der Waals surface area contributed by atoms with Crippen molar-refractivity contribution in [3.8, 4) is 0 Å². The Morgan fingerprint density at radius 3 is 2.59 bits per heavy atom. The second-order valence-electron chi connectivity index (χ2n) is 9.32. The Bertz CT molecular complexity index is 1480. The van der Waals surface area contributed by atoms with Crippen molar-refractivity contribution in [2.24, 2.45) is 11.7 Å². The van der Waals surface area contributed by atoms with Crippen LogP contribution in [-0.4, -0.2) is 50.1 Å². The van der Waals surface area contributed by atoms with Gasteiger partial charge in [-0.1, -0.05) is 60.4 Å². The van der Waals surface area contributed by atoms with Crippen molar-refractivity contribution in [1.82, 2.24) is 14.3 Å². The fourth-order valence-corrected chi connectivity index (χ4v) is 5.99. The van der Waals surface area contributed by atoms with E-state index in [1.165, 1.54) is 16.2 Å². The zero-order valence-electron chi connectivity index (χ0n) is 20.4. The van der Waals surface area contributed by atoms with Crippen LogP contribution in [0.15, 0.2) is 58.4 Å². The molecule has 2 aliphatic rings. The molecule has 0 unspecified atom stereocenters. The van der Waals surface area contributed by atoms with Gasteiger partial charge in [0.25, 0.3) is 11.5 Å². The van der Waals surface area contributed by atoms with Crippen LogP contribution < -0.4 is 16.2 Å². The van der Waals surface area contributed by atoms with Crippen molar-refractivity contribution >= 4 is 57.7 Å². The van der Waals surface area contributed by atoms with Gasteiger partial charge in [0.2, 0.25) is 5.91 Å². The number of carbonyl (C=O) groups is 2. The zero-order chi connectivity index (χ0) is 26.1. The van der Waals surface area contributed by atoms with E-state index in [1.807, 2.05) is 54.3 Å². The molecule has 2 aromatic heterocycles. The van der Waals surface area contributed by atoms with Crippen LogP contribution in [0.1, 0.15) is 29.5 Å². The first-order valence-electron chi connectivity index (χ1n) is 12.2. The van der Waals surface area contributed by atoms with Crippen molar-refractivity contribution in [2.45, 2.75) is 26.2 Å². The van der Waals surface area contributed by atoms with Crippen LogP contribution in [-0.2, 0) is 16.0 Å². The number of pyridine rings is 1. The van der Waals surface area contributed by atoms with Gasteiger partial charge in [-0.05, 0) is 49.5 Å². The van der Waals surface area contributed by atoms with E-state index in [2.05, 4.69) is 0 Å². The van der Waals surface area contributed by atoms with Crippen LogP contribution in [0.4, 0.5) is 5.82 Å². The van der Waals surface area contributed by atoms with E-state index in [0.29, 0.717) is 65.2 Å². The lowest BCUT2D eigenvalue weighted by Crippen LogP contribution is -2.40. The number of hydrogen-bond donors (Lipinski definition) is 1. The van der Waals surface area contributed by atoms with E-state index in [1.54, 1.807) is 17.2 Å². The van der Waals surface area contributed by atoms with Crippen molar-refractivity contribution in [2.75, 3.05) is 24.5 Å². The molecular formula is C27H27N5O3S2. The first-order chi connectivity index (χ1) is 17.8. The van der Waals surface area contributed by atoms with Gasteiger partial charge in [0, 0.05) is 31.7 Å². The van der Waals surface area contributed by atoms with E-state index in [4.69, 9.17) is 22.9 Å². The molecule has 2 aliphatic heterocycles. The average molecular weight is 534 g/mol. The summed E-state index contributed by atoms with van der Waals surface area (Å²) >= 11 is 6.72. The highest BCUT2D eigenvalue weighted by Gasteiger charge is 2.33. The van der Waals surface area contributed by atoms with Gasteiger partial charge in [-0.2, -0.15) is 0 Å². The minimum absolute atomic E-state index is 0.190. The summed E-state index contributed by atoms with van der Waals surface area (Å²) in [5.74, 6) is -0.199. The Kier molecular flexibility index (Phi) is 7.12. The fourth-order valence-electron chi connectivity index (χ4n) is 4.70. The molecule has 0 spiro atoms. The molecule has 0 aliphatic carbocycles. The van der Waals surface area contributed by atoms with Crippen LogP contribution >= 0.6 is 24.0 Å². The molecule has 0 saturated carbocycles. The third-order valence-corrected chi connectivity index (χ3v) is 8.18. The van der Waals surface area contributed by atoms with E-state index in [9.17, 15) is 14.4 Å². The standard InChI is InChI=1S/C27H27N5O3S2/c1-17-7-8-22-29-24(30-12-10-19(11-13-30)23(28)33)20(25(34)32(22)16-17)15-21-26(35)31(27(36)37-21)14-9-18-5-3-2-4-6-18/h2-8,15-16,19H,9-14H2,1H3,(H2,28,33)/b21-15+. The summed E-state index contributed by atoms with van der Waals surface area (Å²) < 4.78 is 1.98. The molecular weight excluding hydrogens is 506 g/mol. The number of thioether (sulfide) groups is 1. The number of anilines is 1. The Hall–Kier alpha value is -3.50. The number of carbonyl (C=O) groups excluding carboxylic acids is 2. The molecule has 2 N–H and O–H groups in total. The number of rotatable bonds is 6. The van der Waals surface area contributed by atoms with Crippen molar-refractivity contribution in [1.29, 1.82) is 0 Å². The first kappa shape index (κ1) is 25.2. The van der Waals surface area contributed by atoms with E-state index < -0.39 is 0 Å². The monoisotopic (exact) mass is 533 g/mol. The largest absolute Gasteiger partial charge is 0.369 e. The normalized spacial score (nSPS) is 17.8. The van der Waals surface area contributed by atoms with Gasteiger partial charge in [-0.15, -0.1) is 0 Å². The third kappa shape index (κ3) is 5.17. The number of aryl methyl sites for hydroxylation is 1. The number of nitrogens with two attached hydrogens (primary N) is 1. The molecule has 4 heterocycles. The number of benzene rings is 1. The Balaban J connectivity index is 1.50. The molecule has 2 amide bonds. The van der Waals surface area contributed by atoms with Crippen molar-refractivity contribution in [3.63, 3.8) is 0 Å². The molecule has 0 radical (unpaired) electrons. The highest BCUT2D eigenvalue weighted by molar-refractivity contribution is 8.26. The van der Waals surface area contributed by atoms with Crippen LogP contribution in [0, 0.1) is 12.8 Å². The van der Waals surface area contributed by atoms with Crippen LogP contribution in [0.5, 0.6) is 0 Å². The number of amides is 2. The Morgan fingerprint density at radius 2 is 1.89 bits per heavy atom. The number of nitrogens with zero attached hydrogens (tertiary/aromatic N) is 4. The van der Waals surface area contributed by atoms with Crippen LogP contribution in [0.25, 0.3) is 11.7 Å². The maximum atomic E-state index is 13.7. The first-order valence-corrected chi connectivity index (χ1v) is 13.4. The van der Waals surface area contributed by atoms with Gasteiger partial charge in [-0.25, -0.2) is 4.98 Å². The lowest BCUT2D eigenvalue weighted by atomic mass is 9.96. The summed E-state index contributed by atoms with van der Waals surface area (Å²) in [6.07, 6.45) is 5.23. The summed E-state index contributed by atoms with van der Waals surface area (Å²) in [5.41, 5.74) is 8.16. The minimum Gasteiger partial charge on any atom is -0.369 e. The van der Waals surface area contributed by atoms with E-state index in [-0.39, 0.29) is 23.3 Å². The molecule has 1 aromatic carbocycles. The van der Waals surface area contributed by atoms with E-state index in [0.717, 1.165) is 11.1 Å². The quantitative estimate of drug-likeness (QED) is 0.384. The van der Waals surface area contributed by atoms with Gasteiger partial charge in [0.1, 0.15) is 15.8 Å². The van der Waals surface area contributed by atoms with Gasteiger partial charge in [-0.3, -0.25) is 23.7 Å². The molecule has 10 heteroatoms. The van der Waals surface area contributed by atoms with Crippen molar-refractivity contribution in [3.05, 3.63) is 80.6 Å². The zero-order valence-corrected chi connectivity index (χ0v) is 22.1. The maximum absolute atomic E-state index is 13.7. The minimum atomic E-state index is -0.305. The molecule has 0 bridgehead atoms. The molecule has 37 heavy (non-hydrogen) atoms. The lowest BCUT2D eigenvalue weighted by Gasteiger charge is -2.32. The SMILES string of the molecule is Cc1ccc2nc(N3CCC(C(N)=O)CC3)c(/C=C3/SC(=S)N(CCc4ccccc4)C3=O)c(=O)n2c1. The highest BCUT2D eigenvalue weighted by atomic mass is 32.2. The van der Waals surface area contributed by atoms with Crippen LogP contribution in [0.2, 0.25) is 0 Å². The van der Waals surface area contributed by atoms with Crippen LogP contribution in [0.3, 0.4) is 0 Å². The summed E-state index contributed by atoms with van der Waals surface area (Å²) in [6, 6.07) is 13.6. The number of thiocarbonyl (C=S) groups is 1. The lowest BCUT2D eigenvalue weighted by molar-refractivity contribution is -0.123. The Labute approximate surface area is 224 Å². The summed E-state index contributed by atoms with van der Waals surface area (Å²) in [7, 11) is 0. The molecule has 5 rings (SSSR count). The average Bonchev–Trinajstić information content (AvgIpc) is 3.17. The van der Waals surface area contributed by atoms with Gasteiger partial charge in [0.05, 0.1) is 10.5 Å². The molecule has 2 saturated heterocycles. The predicted octanol–water partition coefficient (Wildman–Crippen LogP) is 3.15. The molecule has 3 aromatic rings. The Morgan fingerprint density at radius 1 is 1.16 bits per heavy atom. The summed E-state index contributed by atoms with van der Waals surface area (Å²) in [6.45, 7) is 3.46. The summed E-state index contributed by atoms with van der Waals surface area (Å²) in [4.78, 5) is 47.5. The number of piperidine rings is 1. The predicted molar refractivity (Wildman–Crippen MR) is 150 cm³/mol. The van der Waals surface area contributed by atoms with Gasteiger partial charge >= 0.3 is 0 Å². The third-order valence-electron chi connectivity index (χ3n) is 6.80. The van der Waals surface area contributed by atoms with Crippen molar-refractivity contribution < 1.29 is 9.59 Å². The number of hydrogen-bond acceptors (Lipinski definition) is 7. The highest BCUT2D eigenvalue weighted by Crippen LogP contribution is 2.34. The number of fused-ring (bicyclic) bond motifs is 1. The van der Waals surface area contributed by atoms with Gasteiger partial charge in [0.15, 0.2) is 0 Å². The van der Waals surface area contributed by atoms with Gasteiger partial charge < -0.3 is 10.6 Å².